The second kappa shape index (κ2) is 11.6. The predicted octanol–water partition coefficient (Wildman–Crippen LogP) is 8.17. The Labute approximate surface area is 233 Å². The minimum Gasteiger partial charge on any atom is -0.325 e. The number of nitrogens with one attached hydrogen (secondary N) is 2. The maximum atomic E-state index is 13.3. The minimum absolute atomic E-state index is 0.0916. The van der Waals surface area contributed by atoms with Gasteiger partial charge in [-0.3, -0.25) is 9.59 Å². The van der Waals surface area contributed by atoms with Crippen molar-refractivity contribution in [3.8, 4) is 0 Å². The molecule has 0 saturated heterocycles. The number of halogens is 1. The topological polar surface area (TPSA) is 58.2 Å². The summed E-state index contributed by atoms with van der Waals surface area (Å²) in [6, 6.07) is 38.7. The number of fused-ring (bicyclic) bond motifs is 1. The summed E-state index contributed by atoms with van der Waals surface area (Å²) < 4.78 is 1.11. The molecule has 0 heterocycles. The fourth-order valence-corrected chi connectivity index (χ4v) is 5.31. The van der Waals surface area contributed by atoms with E-state index in [-0.39, 0.29) is 11.8 Å². The van der Waals surface area contributed by atoms with Crippen molar-refractivity contribution in [2.45, 2.75) is 10.1 Å². The number of benzene rings is 5. The van der Waals surface area contributed by atoms with E-state index >= 15 is 0 Å². The van der Waals surface area contributed by atoms with Crippen LogP contribution in [0.2, 0.25) is 0 Å². The van der Waals surface area contributed by atoms with E-state index in [1.165, 1.54) is 11.8 Å². The van der Waals surface area contributed by atoms with Gasteiger partial charge in [0.25, 0.3) is 5.91 Å². The maximum Gasteiger partial charge on any atom is 0.255 e. The van der Waals surface area contributed by atoms with Crippen molar-refractivity contribution in [1.82, 2.24) is 0 Å². The van der Waals surface area contributed by atoms with Crippen LogP contribution >= 0.6 is 34.4 Å². The zero-order chi connectivity index (χ0) is 25.6. The van der Waals surface area contributed by atoms with Crippen LogP contribution in [0.25, 0.3) is 10.8 Å². The molecule has 182 valence electrons. The Hall–Kier alpha value is -3.62. The third-order valence-corrected chi connectivity index (χ3v) is 7.82. The Balaban J connectivity index is 1.29. The molecule has 5 aromatic rings. The number of rotatable bonds is 7. The average Bonchev–Trinajstić information content (AvgIpc) is 2.94. The Morgan fingerprint density at radius 1 is 0.649 bits per heavy atom. The molecular weight excluding hydrogens is 591 g/mol. The van der Waals surface area contributed by atoms with Crippen LogP contribution in [-0.2, 0) is 4.79 Å². The highest BCUT2D eigenvalue weighted by atomic mass is 127. The van der Waals surface area contributed by atoms with E-state index in [4.69, 9.17) is 0 Å². The molecule has 0 saturated carbocycles. The number of hydrogen-bond acceptors (Lipinski definition) is 3. The van der Waals surface area contributed by atoms with Crippen LogP contribution in [0, 0.1) is 3.57 Å². The van der Waals surface area contributed by atoms with E-state index in [1.807, 2.05) is 121 Å². The Kier molecular flexibility index (Phi) is 7.87. The van der Waals surface area contributed by atoms with E-state index in [0.717, 1.165) is 30.5 Å². The number of hydrogen-bond donors (Lipinski definition) is 2. The van der Waals surface area contributed by atoms with Gasteiger partial charge in [-0.2, -0.15) is 0 Å². The number of carbonyl (C=O) groups is 2. The van der Waals surface area contributed by atoms with Gasteiger partial charge < -0.3 is 10.6 Å². The summed E-state index contributed by atoms with van der Waals surface area (Å²) in [5, 5.41) is 7.69. The lowest BCUT2D eigenvalue weighted by Crippen LogP contribution is -2.19. The Morgan fingerprint density at radius 3 is 2.00 bits per heavy atom. The molecule has 0 fully saturated rings. The third kappa shape index (κ3) is 6.39. The van der Waals surface area contributed by atoms with Gasteiger partial charge in [0.2, 0.25) is 5.91 Å². The quantitative estimate of drug-likeness (QED) is 0.144. The van der Waals surface area contributed by atoms with Crippen LogP contribution < -0.4 is 10.6 Å². The molecule has 0 spiro atoms. The van der Waals surface area contributed by atoms with Crippen molar-refractivity contribution < 1.29 is 9.59 Å². The summed E-state index contributed by atoms with van der Waals surface area (Å²) in [7, 11) is 0. The summed E-state index contributed by atoms with van der Waals surface area (Å²) in [5.74, 6) is -0.253. The van der Waals surface area contributed by atoms with Gasteiger partial charge in [0.15, 0.2) is 0 Å². The molecule has 6 heteroatoms. The van der Waals surface area contributed by atoms with Gasteiger partial charge in [-0.15, -0.1) is 11.8 Å². The van der Waals surface area contributed by atoms with Crippen LogP contribution in [0.4, 0.5) is 11.4 Å². The van der Waals surface area contributed by atoms with Crippen molar-refractivity contribution in [2.24, 2.45) is 0 Å². The molecule has 0 aromatic heterocycles. The molecule has 37 heavy (non-hydrogen) atoms. The molecule has 5 aromatic carbocycles. The van der Waals surface area contributed by atoms with E-state index in [2.05, 4.69) is 33.2 Å². The number of amides is 2. The largest absolute Gasteiger partial charge is 0.325 e. The number of anilines is 2. The third-order valence-electron chi connectivity index (χ3n) is 5.83. The standard InChI is InChI=1S/C31H23IN2O2S/c32-25-12-14-26(15-13-25)34-31(36)29(22-7-2-1-3-8-22)37-28-18-16-27(17-19-28)33-30(35)24-11-10-21-6-4-5-9-23(21)20-24/h1-20,29H,(H,33,35)(H,34,36). The molecule has 5 rings (SSSR count). The second-order valence-corrected chi connectivity index (χ2v) is 10.9. The van der Waals surface area contributed by atoms with Gasteiger partial charge in [0, 0.05) is 25.4 Å². The lowest BCUT2D eigenvalue weighted by atomic mass is 10.1. The predicted molar refractivity (Wildman–Crippen MR) is 161 cm³/mol. The number of carbonyl (C=O) groups excluding carboxylic acids is 2. The molecule has 1 atom stereocenters. The van der Waals surface area contributed by atoms with Gasteiger partial charge in [-0.05, 0) is 99.6 Å². The fraction of sp³-hybridized carbons (Fsp3) is 0.0323. The SMILES string of the molecule is O=C(Nc1ccc(SC(C(=O)Nc2ccc(I)cc2)c2ccccc2)cc1)c1ccc2ccccc2c1. The molecule has 2 N–H and O–H groups in total. The minimum atomic E-state index is -0.432. The average molecular weight is 615 g/mol. The van der Waals surface area contributed by atoms with Crippen molar-refractivity contribution in [3.05, 3.63) is 136 Å². The smallest absolute Gasteiger partial charge is 0.255 e. The van der Waals surface area contributed by atoms with E-state index in [0.29, 0.717) is 11.3 Å². The maximum absolute atomic E-state index is 13.3. The highest BCUT2D eigenvalue weighted by molar-refractivity contribution is 14.1. The fourth-order valence-electron chi connectivity index (χ4n) is 3.93. The van der Waals surface area contributed by atoms with E-state index < -0.39 is 5.25 Å². The van der Waals surface area contributed by atoms with Gasteiger partial charge in [-0.1, -0.05) is 60.7 Å². The van der Waals surface area contributed by atoms with Crippen molar-refractivity contribution in [3.63, 3.8) is 0 Å². The van der Waals surface area contributed by atoms with Crippen molar-refractivity contribution >= 4 is 68.3 Å². The van der Waals surface area contributed by atoms with Crippen molar-refractivity contribution in [1.29, 1.82) is 0 Å². The van der Waals surface area contributed by atoms with Crippen LogP contribution in [0.15, 0.2) is 126 Å². The van der Waals surface area contributed by atoms with Crippen LogP contribution in [0.3, 0.4) is 0 Å². The van der Waals surface area contributed by atoms with Gasteiger partial charge in [0.05, 0.1) is 0 Å². The molecule has 0 aliphatic carbocycles. The summed E-state index contributed by atoms with van der Waals surface area (Å²) in [6.07, 6.45) is 0. The lowest BCUT2D eigenvalue weighted by Gasteiger charge is -2.17. The zero-order valence-electron chi connectivity index (χ0n) is 19.7. The molecular formula is C31H23IN2O2S. The molecule has 0 aliphatic heterocycles. The first-order chi connectivity index (χ1) is 18.0. The zero-order valence-corrected chi connectivity index (χ0v) is 22.7. The van der Waals surface area contributed by atoms with Crippen LogP contribution in [0.1, 0.15) is 21.2 Å². The van der Waals surface area contributed by atoms with Gasteiger partial charge in [0.1, 0.15) is 5.25 Å². The first kappa shape index (κ1) is 25.0. The Morgan fingerprint density at radius 2 is 1.27 bits per heavy atom. The molecule has 1 unspecified atom stereocenters. The molecule has 0 bridgehead atoms. The van der Waals surface area contributed by atoms with Crippen molar-refractivity contribution in [2.75, 3.05) is 10.6 Å². The lowest BCUT2D eigenvalue weighted by molar-refractivity contribution is -0.115. The van der Waals surface area contributed by atoms with Gasteiger partial charge >= 0.3 is 0 Å². The second-order valence-electron chi connectivity index (χ2n) is 8.45. The first-order valence-corrected chi connectivity index (χ1v) is 13.7. The normalized spacial score (nSPS) is 11.6. The van der Waals surface area contributed by atoms with Gasteiger partial charge in [-0.25, -0.2) is 0 Å². The summed E-state index contributed by atoms with van der Waals surface area (Å²) in [4.78, 5) is 27.0. The first-order valence-electron chi connectivity index (χ1n) is 11.7. The van der Waals surface area contributed by atoms with Crippen LogP contribution in [-0.4, -0.2) is 11.8 Å². The Bertz CT molecular complexity index is 1540. The summed E-state index contributed by atoms with van der Waals surface area (Å²) in [6.45, 7) is 0. The molecule has 0 radical (unpaired) electrons. The monoisotopic (exact) mass is 614 g/mol. The molecule has 0 aliphatic rings. The van der Waals surface area contributed by atoms with Crippen LogP contribution in [0.5, 0.6) is 0 Å². The highest BCUT2D eigenvalue weighted by Crippen LogP contribution is 2.36. The molecule has 2 amide bonds. The molecule has 4 nitrogen and oxygen atoms in total. The summed E-state index contributed by atoms with van der Waals surface area (Å²) >= 11 is 3.71. The highest BCUT2D eigenvalue weighted by Gasteiger charge is 2.22. The summed E-state index contributed by atoms with van der Waals surface area (Å²) in [5.41, 5.74) is 2.98. The number of thioether (sulfide) groups is 1. The van der Waals surface area contributed by atoms with E-state index in [9.17, 15) is 9.59 Å². The van der Waals surface area contributed by atoms with E-state index in [1.54, 1.807) is 0 Å².